The number of aromatic nitrogens is 2. The van der Waals surface area contributed by atoms with E-state index in [2.05, 4.69) is 9.97 Å². The van der Waals surface area contributed by atoms with Crippen LogP contribution in [0.2, 0.25) is 0 Å². The van der Waals surface area contributed by atoms with Crippen molar-refractivity contribution in [1.82, 2.24) is 14.9 Å². The van der Waals surface area contributed by atoms with Gasteiger partial charge in [0.15, 0.2) is 0 Å². The van der Waals surface area contributed by atoms with E-state index in [1.165, 1.54) is 12.1 Å². The van der Waals surface area contributed by atoms with E-state index in [1.807, 2.05) is 0 Å². The number of hydrogen-bond acceptors (Lipinski definition) is 4. The summed E-state index contributed by atoms with van der Waals surface area (Å²) in [6.07, 6.45) is 0.602. The Morgan fingerprint density at radius 3 is 3.09 bits per heavy atom. The van der Waals surface area contributed by atoms with Gasteiger partial charge < -0.3 is 20.7 Å². The highest BCUT2D eigenvalue weighted by Crippen LogP contribution is 2.23. The molecule has 7 heteroatoms. The minimum atomic E-state index is -0.896. The molecule has 6 nitrogen and oxygen atoms in total. The molecule has 0 aliphatic carbocycles. The molecule has 4 N–H and O–H groups in total. The summed E-state index contributed by atoms with van der Waals surface area (Å²) in [5.74, 6) is -0.0158. The number of halogens is 1. The van der Waals surface area contributed by atoms with Gasteiger partial charge in [0, 0.05) is 18.5 Å². The summed E-state index contributed by atoms with van der Waals surface area (Å²) in [4.78, 5) is 21.2. The van der Waals surface area contributed by atoms with Crippen molar-refractivity contribution in [2.45, 2.75) is 19.0 Å². The van der Waals surface area contributed by atoms with Crippen LogP contribution >= 0.6 is 0 Å². The highest BCUT2D eigenvalue weighted by molar-refractivity contribution is 5.82. The van der Waals surface area contributed by atoms with Crippen LogP contribution in [-0.2, 0) is 17.8 Å². The number of fused-ring (bicyclic) bond motifs is 1. The van der Waals surface area contributed by atoms with E-state index in [9.17, 15) is 9.18 Å². The van der Waals surface area contributed by atoms with Gasteiger partial charge in [-0.05, 0) is 12.1 Å². The monoisotopic (exact) mass is 304 g/mol. The third-order valence-corrected chi connectivity index (χ3v) is 3.76. The van der Waals surface area contributed by atoms with Crippen LogP contribution in [0.3, 0.4) is 0 Å². The molecule has 22 heavy (non-hydrogen) atoms. The van der Waals surface area contributed by atoms with E-state index in [-0.39, 0.29) is 18.3 Å². The first-order valence-corrected chi connectivity index (χ1v) is 7.07. The summed E-state index contributed by atoms with van der Waals surface area (Å²) in [6, 6.07) is 5.30. The van der Waals surface area contributed by atoms with Crippen molar-refractivity contribution in [3.8, 4) is 11.4 Å². The van der Waals surface area contributed by atoms with Crippen LogP contribution in [0.4, 0.5) is 4.39 Å². The number of aromatic amines is 1. The van der Waals surface area contributed by atoms with Crippen LogP contribution in [0, 0.1) is 5.82 Å². The van der Waals surface area contributed by atoms with Crippen LogP contribution in [0.5, 0.6) is 0 Å². The topological polar surface area (TPSA) is 95.2 Å². The molecule has 116 valence electrons. The zero-order chi connectivity index (χ0) is 15.7. The molecule has 1 aliphatic heterocycles. The van der Waals surface area contributed by atoms with Crippen molar-refractivity contribution in [2.24, 2.45) is 5.73 Å². The molecule has 0 bridgehead atoms. The second-order valence-corrected chi connectivity index (χ2v) is 5.32. The van der Waals surface area contributed by atoms with E-state index in [0.29, 0.717) is 30.9 Å². The number of aliphatic hydroxyl groups excluding tert-OH is 1. The quantitative estimate of drug-likeness (QED) is 0.766. The standard InChI is InChI=1S/C15H17FN4O2/c16-10-3-1-2-9(6-10)14-18-12-4-5-20(7-13(12)19-14)15(22)11(17)8-21/h1-3,6,11,21H,4-5,7-8,17H2,(H,18,19)/t11-/m0/s1. The number of aliphatic hydroxyl groups is 1. The largest absolute Gasteiger partial charge is 0.394 e. The molecular formula is C15H17FN4O2. The molecule has 2 aromatic rings. The Morgan fingerprint density at radius 1 is 1.55 bits per heavy atom. The van der Waals surface area contributed by atoms with Gasteiger partial charge in [-0.1, -0.05) is 12.1 Å². The van der Waals surface area contributed by atoms with Crippen LogP contribution < -0.4 is 5.73 Å². The fraction of sp³-hybridized carbons (Fsp3) is 0.333. The molecule has 1 aromatic carbocycles. The number of imidazole rings is 1. The van der Waals surface area contributed by atoms with Gasteiger partial charge in [-0.3, -0.25) is 4.79 Å². The first-order valence-electron chi connectivity index (χ1n) is 7.07. The van der Waals surface area contributed by atoms with Crippen LogP contribution in [0.1, 0.15) is 11.4 Å². The Labute approximate surface area is 126 Å². The normalized spacial score (nSPS) is 15.5. The molecule has 1 aliphatic rings. The van der Waals surface area contributed by atoms with Crippen LogP contribution in [0.25, 0.3) is 11.4 Å². The maximum absolute atomic E-state index is 13.3. The first-order chi connectivity index (χ1) is 10.6. The summed E-state index contributed by atoms with van der Waals surface area (Å²) >= 11 is 0. The maximum Gasteiger partial charge on any atom is 0.242 e. The summed E-state index contributed by atoms with van der Waals surface area (Å²) in [5, 5.41) is 8.98. The average molecular weight is 304 g/mol. The summed E-state index contributed by atoms with van der Waals surface area (Å²) in [5.41, 5.74) is 7.94. The number of H-pyrrole nitrogens is 1. The van der Waals surface area contributed by atoms with Gasteiger partial charge in [-0.15, -0.1) is 0 Å². The molecule has 0 unspecified atom stereocenters. The van der Waals surface area contributed by atoms with E-state index in [0.717, 1.165) is 11.4 Å². The molecule has 1 atom stereocenters. The number of hydrogen-bond donors (Lipinski definition) is 3. The zero-order valence-corrected chi connectivity index (χ0v) is 11.9. The second kappa shape index (κ2) is 5.86. The lowest BCUT2D eigenvalue weighted by atomic mass is 10.1. The lowest BCUT2D eigenvalue weighted by Crippen LogP contribution is -2.47. The smallest absolute Gasteiger partial charge is 0.242 e. The van der Waals surface area contributed by atoms with Crippen LogP contribution in [0.15, 0.2) is 24.3 Å². The van der Waals surface area contributed by atoms with Gasteiger partial charge in [0.25, 0.3) is 0 Å². The predicted molar refractivity (Wildman–Crippen MR) is 78.2 cm³/mol. The molecule has 3 rings (SSSR count). The third kappa shape index (κ3) is 2.72. The van der Waals surface area contributed by atoms with E-state index in [4.69, 9.17) is 10.8 Å². The highest BCUT2D eigenvalue weighted by Gasteiger charge is 2.26. The fourth-order valence-corrected chi connectivity index (χ4v) is 2.57. The van der Waals surface area contributed by atoms with Gasteiger partial charge in [0.05, 0.1) is 24.5 Å². The van der Waals surface area contributed by atoms with E-state index < -0.39 is 6.04 Å². The number of carbonyl (C=O) groups is 1. The molecule has 0 saturated carbocycles. The molecule has 0 fully saturated rings. The lowest BCUT2D eigenvalue weighted by molar-refractivity contribution is -0.134. The van der Waals surface area contributed by atoms with Crippen molar-refractivity contribution in [1.29, 1.82) is 0 Å². The van der Waals surface area contributed by atoms with Crippen molar-refractivity contribution >= 4 is 5.91 Å². The van der Waals surface area contributed by atoms with E-state index >= 15 is 0 Å². The minimum Gasteiger partial charge on any atom is -0.394 e. The average Bonchev–Trinajstić information content (AvgIpc) is 2.96. The van der Waals surface area contributed by atoms with Crippen molar-refractivity contribution in [3.63, 3.8) is 0 Å². The number of rotatable bonds is 3. The third-order valence-electron chi connectivity index (χ3n) is 3.76. The van der Waals surface area contributed by atoms with Gasteiger partial charge in [0.1, 0.15) is 17.7 Å². The summed E-state index contributed by atoms with van der Waals surface area (Å²) < 4.78 is 13.3. The molecule has 0 spiro atoms. The molecule has 0 radical (unpaired) electrons. The van der Waals surface area contributed by atoms with Crippen molar-refractivity contribution in [3.05, 3.63) is 41.5 Å². The number of benzene rings is 1. The van der Waals surface area contributed by atoms with Crippen LogP contribution in [-0.4, -0.2) is 45.1 Å². The zero-order valence-electron chi connectivity index (χ0n) is 11.9. The molecule has 1 aromatic heterocycles. The lowest BCUT2D eigenvalue weighted by Gasteiger charge is -2.28. The number of amides is 1. The molecular weight excluding hydrogens is 287 g/mol. The molecule has 0 saturated heterocycles. The Balaban J connectivity index is 1.83. The number of carbonyl (C=O) groups excluding carboxylic acids is 1. The number of nitrogens with two attached hydrogens (primary N) is 1. The Bertz CT molecular complexity index is 701. The number of nitrogens with one attached hydrogen (secondary N) is 1. The minimum absolute atomic E-state index is 0.282. The maximum atomic E-state index is 13.3. The van der Waals surface area contributed by atoms with Crippen molar-refractivity contribution in [2.75, 3.05) is 13.2 Å². The highest BCUT2D eigenvalue weighted by atomic mass is 19.1. The van der Waals surface area contributed by atoms with Gasteiger partial charge in [-0.2, -0.15) is 0 Å². The van der Waals surface area contributed by atoms with E-state index in [1.54, 1.807) is 17.0 Å². The van der Waals surface area contributed by atoms with Crippen molar-refractivity contribution < 1.29 is 14.3 Å². The van der Waals surface area contributed by atoms with Gasteiger partial charge in [0.2, 0.25) is 5.91 Å². The molecule has 2 heterocycles. The second-order valence-electron chi connectivity index (χ2n) is 5.32. The Hall–Kier alpha value is -2.25. The molecule has 1 amide bonds. The summed E-state index contributed by atoms with van der Waals surface area (Å²) in [7, 11) is 0. The number of nitrogens with zero attached hydrogens (tertiary/aromatic N) is 2. The van der Waals surface area contributed by atoms with Gasteiger partial charge >= 0.3 is 0 Å². The first kappa shape index (κ1) is 14.7. The SMILES string of the molecule is N[C@@H](CO)C(=O)N1CCc2nc(-c3cccc(F)c3)[nH]c2C1. The Kier molecular flexibility index (Phi) is 3.91. The van der Waals surface area contributed by atoms with Gasteiger partial charge in [-0.25, -0.2) is 9.37 Å². The Morgan fingerprint density at radius 2 is 2.36 bits per heavy atom. The predicted octanol–water partition coefficient (Wildman–Crippen LogP) is 0.420. The summed E-state index contributed by atoms with van der Waals surface area (Å²) in [6.45, 7) is 0.497. The fourth-order valence-electron chi connectivity index (χ4n) is 2.57.